The molecule has 2 aromatic rings. The predicted molar refractivity (Wildman–Crippen MR) is 86.7 cm³/mol. The van der Waals surface area contributed by atoms with Gasteiger partial charge in [-0.25, -0.2) is 0 Å². The molecule has 0 saturated heterocycles. The van der Waals surface area contributed by atoms with Crippen molar-refractivity contribution in [3.63, 3.8) is 0 Å². The molecule has 0 aliphatic heterocycles. The minimum atomic E-state index is 0.182. The van der Waals surface area contributed by atoms with E-state index in [2.05, 4.69) is 62.3 Å². The van der Waals surface area contributed by atoms with E-state index in [1.54, 1.807) is 11.3 Å². The van der Waals surface area contributed by atoms with Crippen molar-refractivity contribution >= 4 is 54.8 Å². The van der Waals surface area contributed by atoms with E-state index in [0.29, 0.717) is 0 Å². The maximum atomic E-state index is 6.03. The molecule has 1 aromatic carbocycles. The summed E-state index contributed by atoms with van der Waals surface area (Å²) in [7, 11) is 0. The first-order chi connectivity index (χ1) is 8.60. The van der Waals surface area contributed by atoms with Crippen molar-refractivity contribution < 1.29 is 0 Å². The zero-order valence-electron chi connectivity index (χ0n) is 9.71. The van der Waals surface area contributed by atoms with Crippen LogP contribution in [0, 0.1) is 0 Å². The summed E-state index contributed by atoms with van der Waals surface area (Å²) in [6.07, 6.45) is 0. The van der Waals surface area contributed by atoms with E-state index in [1.165, 1.54) is 10.4 Å². The van der Waals surface area contributed by atoms with Crippen molar-refractivity contribution in [2.75, 3.05) is 6.54 Å². The normalized spacial score (nSPS) is 12.7. The Morgan fingerprint density at radius 2 is 1.89 bits per heavy atom. The molecule has 0 aliphatic rings. The zero-order chi connectivity index (χ0) is 13.1. The van der Waals surface area contributed by atoms with E-state index < -0.39 is 0 Å². The van der Waals surface area contributed by atoms with E-state index in [-0.39, 0.29) is 6.04 Å². The lowest BCUT2D eigenvalue weighted by Gasteiger charge is -2.17. The summed E-state index contributed by atoms with van der Waals surface area (Å²) in [4.78, 5) is 1.23. The van der Waals surface area contributed by atoms with Crippen LogP contribution in [0.5, 0.6) is 0 Å². The van der Waals surface area contributed by atoms with Crippen LogP contribution in [0.4, 0.5) is 0 Å². The number of halogens is 3. The van der Waals surface area contributed by atoms with Gasteiger partial charge in [0.05, 0.1) is 10.4 Å². The van der Waals surface area contributed by atoms with E-state index >= 15 is 0 Å². The highest BCUT2D eigenvalue weighted by Gasteiger charge is 2.16. The summed E-state index contributed by atoms with van der Waals surface area (Å²) in [5.41, 5.74) is 1.22. The van der Waals surface area contributed by atoms with E-state index in [1.807, 2.05) is 12.1 Å². The summed E-state index contributed by atoms with van der Waals surface area (Å²) >= 11 is 14.7. The largest absolute Gasteiger partial charge is 0.306 e. The Hall–Kier alpha value is 0.130. The van der Waals surface area contributed by atoms with Gasteiger partial charge in [-0.1, -0.05) is 50.4 Å². The SMILES string of the molecule is CCNC(c1cc(Br)cc(Br)c1)c1ccc(Cl)s1. The highest BCUT2D eigenvalue weighted by Crippen LogP contribution is 2.33. The van der Waals surface area contributed by atoms with Crippen molar-refractivity contribution in [2.45, 2.75) is 13.0 Å². The Kier molecular flexibility index (Phi) is 5.27. The number of nitrogens with one attached hydrogen (secondary N) is 1. The minimum Gasteiger partial charge on any atom is -0.306 e. The molecular weight excluding hydrogens is 397 g/mol. The van der Waals surface area contributed by atoms with Gasteiger partial charge in [0.2, 0.25) is 0 Å². The quantitative estimate of drug-likeness (QED) is 0.690. The van der Waals surface area contributed by atoms with Crippen LogP contribution >= 0.6 is 54.8 Å². The standard InChI is InChI=1S/C13H12Br2ClNS/c1-2-17-13(11-3-4-12(16)18-11)8-5-9(14)7-10(15)6-8/h3-7,13,17H,2H2,1H3. The Morgan fingerprint density at radius 3 is 2.39 bits per heavy atom. The van der Waals surface area contributed by atoms with Gasteiger partial charge in [-0.2, -0.15) is 0 Å². The molecule has 96 valence electrons. The minimum absolute atomic E-state index is 0.182. The molecule has 0 saturated carbocycles. The van der Waals surface area contributed by atoms with Crippen LogP contribution in [-0.4, -0.2) is 6.54 Å². The van der Waals surface area contributed by atoms with Gasteiger partial charge >= 0.3 is 0 Å². The molecular formula is C13H12Br2ClNS. The van der Waals surface area contributed by atoms with Gasteiger partial charge in [-0.05, 0) is 42.4 Å². The molecule has 0 radical (unpaired) electrons. The molecule has 1 aromatic heterocycles. The molecule has 0 spiro atoms. The molecule has 2 rings (SSSR count). The number of thiophene rings is 1. The van der Waals surface area contributed by atoms with Crippen LogP contribution in [-0.2, 0) is 0 Å². The lowest BCUT2D eigenvalue weighted by atomic mass is 10.1. The van der Waals surface area contributed by atoms with Crippen LogP contribution in [0.2, 0.25) is 4.34 Å². The van der Waals surface area contributed by atoms with E-state index in [0.717, 1.165) is 19.8 Å². The molecule has 0 bridgehead atoms. The van der Waals surface area contributed by atoms with Crippen molar-refractivity contribution in [3.8, 4) is 0 Å². The fourth-order valence-electron chi connectivity index (χ4n) is 1.81. The Labute approximate surface area is 133 Å². The van der Waals surface area contributed by atoms with Gasteiger partial charge in [0.1, 0.15) is 0 Å². The van der Waals surface area contributed by atoms with Crippen molar-refractivity contribution in [3.05, 3.63) is 54.1 Å². The highest BCUT2D eigenvalue weighted by atomic mass is 79.9. The lowest BCUT2D eigenvalue weighted by molar-refractivity contribution is 0.639. The average molecular weight is 410 g/mol. The Bertz CT molecular complexity index is 521. The molecule has 0 aliphatic carbocycles. The third-order valence-corrected chi connectivity index (χ3v) is 4.72. The number of hydrogen-bond donors (Lipinski definition) is 1. The first-order valence-electron chi connectivity index (χ1n) is 5.54. The predicted octanol–water partition coefficient (Wildman–Crippen LogP) is 5.63. The van der Waals surface area contributed by atoms with E-state index in [9.17, 15) is 0 Å². The van der Waals surface area contributed by atoms with Gasteiger partial charge in [-0.15, -0.1) is 11.3 Å². The smallest absolute Gasteiger partial charge is 0.0931 e. The average Bonchev–Trinajstić information content (AvgIpc) is 2.71. The third-order valence-electron chi connectivity index (χ3n) is 2.50. The fraction of sp³-hybridized carbons (Fsp3) is 0.231. The monoisotopic (exact) mass is 407 g/mol. The molecule has 1 heterocycles. The van der Waals surface area contributed by atoms with Crippen molar-refractivity contribution in [1.29, 1.82) is 0 Å². The second kappa shape index (κ2) is 6.53. The topological polar surface area (TPSA) is 12.0 Å². The van der Waals surface area contributed by atoms with Gasteiger partial charge in [0.15, 0.2) is 0 Å². The zero-order valence-corrected chi connectivity index (χ0v) is 14.5. The molecule has 1 atom stereocenters. The fourth-order valence-corrected chi connectivity index (χ4v) is 4.31. The molecule has 0 amide bonds. The Balaban J connectivity index is 2.40. The van der Waals surface area contributed by atoms with Crippen LogP contribution in [0.1, 0.15) is 23.4 Å². The molecule has 1 nitrogen and oxygen atoms in total. The maximum Gasteiger partial charge on any atom is 0.0931 e. The highest BCUT2D eigenvalue weighted by molar-refractivity contribution is 9.11. The Morgan fingerprint density at radius 1 is 1.22 bits per heavy atom. The van der Waals surface area contributed by atoms with Crippen LogP contribution in [0.15, 0.2) is 39.3 Å². The number of benzene rings is 1. The second-order valence-corrected chi connectivity index (χ2v) is 7.41. The molecule has 1 N–H and O–H groups in total. The van der Waals surface area contributed by atoms with E-state index in [4.69, 9.17) is 11.6 Å². The molecule has 1 unspecified atom stereocenters. The first kappa shape index (κ1) is 14.5. The summed E-state index contributed by atoms with van der Waals surface area (Å²) in [6.45, 7) is 3.01. The summed E-state index contributed by atoms with van der Waals surface area (Å²) < 4.78 is 2.96. The third kappa shape index (κ3) is 3.58. The van der Waals surface area contributed by atoms with Crippen molar-refractivity contribution in [2.24, 2.45) is 0 Å². The summed E-state index contributed by atoms with van der Waals surface area (Å²) in [5, 5.41) is 3.49. The molecule has 0 fully saturated rings. The van der Waals surface area contributed by atoms with Gasteiger partial charge in [0.25, 0.3) is 0 Å². The van der Waals surface area contributed by atoms with Gasteiger partial charge < -0.3 is 5.32 Å². The molecule has 5 heteroatoms. The summed E-state index contributed by atoms with van der Waals surface area (Å²) in [6, 6.07) is 10.5. The lowest BCUT2D eigenvalue weighted by Crippen LogP contribution is -2.21. The molecule has 18 heavy (non-hydrogen) atoms. The van der Waals surface area contributed by atoms with Crippen molar-refractivity contribution in [1.82, 2.24) is 5.32 Å². The first-order valence-corrected chi connectivity index (χ1v) is 8.33. The van der Waals surface area contributed by atoms with Crippen LogP contribution in [0.3, 0.4) is 0 Å². The van der Waals surface area contributed by atoms with Crippen LogP contribution < -0.4 is 5.32 Å². The number of rotatable bonds is 4. The second-order valence-electron chi connectivity index (χ2n) is 3.84. The maximum absolute atomic E-state index is 6.03. The number of hydrogen-bond acceptors (Lipinski definition) is 2. The summed E-state index contributed by atoms with van der Waals surface area (Å²) in [5.74, 6) is 0. The van der Waals surface area contributed by atoms with Crippen LogP contribution in [0.25, 0.3) is 0 Å². The van der Waals surface area contributed by atoms with Gasteiger partial charge in [-0.3, -0.25) is 0 Å². The van der Waals surface area contributed by atoms with Gasteiger partial charge in [0, 0.05) is 13.8 Å².